The predicted octanol–water partition coefficient (Wildman–Crippen LogP) is -0.300. The third-order valence-corrected chi connectivity index (χ3v) is 1.53. The van der Waals surface area contributed by atoms with Crippen molar-refractivity contribution in [2.75, 3.05) is 13.2 Å². The van der Waals surface area contributed by atoms with Gasteiger partial charge in [-0.15, -0.1) is 11.6 Å². The molecule has 12 heavy (non-hydrogen) atoms. The van der Waals surface area contributed by atoms with Gasteiger partial charge in [0.05, 0.1) is 13.2 Å². The van der Waals surface area contributed by atoms with E-state index in [-0.39, 0.29) is 13.2 Å². The second-order valence-electron chi connectivity index (χ2n) is 1.74. The Balaban J connectivity index is 3.70. The van der Waals surface area contributed by atoms with Crippen LogP contribution in [0.15, 0.2) is 0 Å². The van der Waals surface area contributed by atoms with Crippen molar-refractivity contribution < 1.29 is 22.1 Å². The van der Waals surface area contributed by atoms with Gasteiger partial charge < -0.3 is 4.74 Å². The van der Waals surface area contributed by atoms with Crippen LogP contribution in [0, 0.1) is 0 Å². The standard InChI is InChI=1S/C5H9ClO5S/c1-2-10-5(7)4(6)3-11-12(8)9/h4,12H,2-3H2,1H3. The highest BCUT2D eigenvalue weighted by molar-refractivity contribution is 7.67. The van der Waals surface area contributed by atoms with E-state index in [1.165, 1.54) is 0 Å². The summed E-state index contributed by atoms with van der Waals surface area (Å²) in [6.07, 6.45) is 0. The molecule has 0 aliphatic rings. The average molecular weight is 217 g/mol. The van der Waals surface area contributed by atoms with Gasteiger partial charge in [0.25, 0.3) is 11.0 Å². The molecular weight excluding hydrogens is 208 g/mol. The Kier molecular flexibility index (Phi) is 6.04. The van der Waals surface area contributed by atoms with Crippen LogP contribution in [0.3, 0.4) is 0 Å². The minimum absolute atomic E-state index is 0.200. The molecule has 0 rings (SSSR count). The first-order valence-corrected chi connectivity index (χ1v) is 4.69. The van der Waals surface area contributed by atoms with E-state index in [1.54, 1.807) is 6.92 Å². The van der Waals surface area contributed by atoms with Gasteiger partial charge in [-0.05, 0) is 6.92 Å². The second kappa shape index (κ2) is 6.22. The molecule has 0 saturated carbocycles. The minimum Gasteiger partial charge on any atom is -0.465 e. The molecule has 0 heterocycles. The van der Waals surface area contributed by atoms with Crippen molar-refractivity contribution in [3.63, 3.8) is 0 Å². The first kappa shape index (κ1) is 11.7. The van der Waals surface area contributed by atoms with Crippen molar-refractivity contribution in [1.82, 2.24) is 0 Å². The fourth-order valence-corrected chi connectivity index (χ4v) is 0.912. The van der Waals surface area contributed by atoms with Crippen molar-refractivity contribution in [3.8, 4) is 0 Å². The molecule has 0 aromatic rings. The summed E-state index contributed by atoms with van der Waals surface area (Å²) >= 11 is 5.39. The number of alkyl halides is 1. The molecule has 1 unspecified atom stereocenters. The summed E-state index contributed by atoms with van der Waals surface area (Å²) in [5.41, 5.74) is 0. The van der Waals surface area contributed by atoms with Crippen molar-refractivity contribution in [2.45, 2.75) is 12.3 Å². The van der Waals surface area contributed by atoms with Gasteiger partial charge in [0.1, 0.15) is 0 Å². The van der Waals surface area contributed by atoms with Crippen LogP contribution < -0.4 is 0 Å². The molecule has 72 valence electrons. The van der Waals surface area contributed by atoms with Crippen LogP contribution in [-0.4, -0.2) is 33.0 Å². The fourth-order valence-electron chi connectivity index (χ4n) is 0.427. The van der Waals surface area contributed by atoms with Crippen LogP contribution in [0.4, 0.5) is 0 Å². The summed E-state index contributed by atoms with van der Waals surface area (Å²) in [6, 6.07) is 0. The molecule has 0 amide bonds. The quantitative estimate of drug-likeness (QED) is 0.388. The molecule has 0 spiro atoms. The van der Waals surface area contributed by atoms with Crippen molar-refractivity contribution >= 4 is 28.6 Å². The maximum Gasteiger partial charge on any atom is 0.326 e. The topological polar surface area (TPSA) is 69.7 Å². The molecule has 7 heteroatoms. The van der Waals surface area contributed by atoms with E-state index in [9.17, 15) is 13.2 Å². The van der Waals surface area contributed by atoms with Crippen LogP contribution in [0.5, 0.6) is 0 Å². The SMILES string of the molecule is CCOC(=O)C(Cl)CO[SH](=O)=O. The van der Waals surface area contributed by atoms with E-state index in [1.807, 2.05) is 0 Å². The lowest BCUT2D eigenvalue weighted by molar-refractivity contribution is -0.143. The Labute approximate surface area is 76.8 Å². The van der Waals surface area contributed by atoms with Gasteiger partial charge >= 0.3 is 5.97 Å². The number of hydrogen-bond donors (Lipinski definition) is 1. The first-order chi connectivity index (χ1) is 5.57. The number of carbonyl (C=O) groups excluding carboxylic acids is 1. The Morgan fingerprint density at radius 1 is 1.58 bits per heavy atom. The zero-order valence-corrected chi connectivity index (χ0v) is 8.01. The number of carbonyl (C=O) groups is 1. The van der Waals surface area contributed by atoms with Crippen molar-refractivity contribution in [3.05, 3.63) is 0 Å². The lowest BCUT2D eigenvalue weighted by Gasteiger charge is -2.05. The van der Waals surface area contributed by atoms with Gasteiger partial charge in [0, 0.05) is 0 Å². The van der Waals surface area contributed by atoms with Crippen LogP contribution >= 0.6 is 11.6 Å². The van der Waals surface area contributed by atoms with E-state index in [4.69, 9.17) is 11.6 Å². The van der Waals surface area contributed by atoms with E-state index >= 15 is 0 Å². The van der Waals surface area contributed by atoms with Crippen LogP contribution in [0.1, 0.15) is 6.92 Å². The van der Waals surface area contributed by atoms with Gasteiger partial charge in [-0.3, -0.25) is 8.98 Å². The third kappa shape index (κ3) is 5.34. The Morgan fingerprint density at radius 3 is 2.58 bits per heavy atom. The summed E-state index contributed by atoms with van der Waals surface area (Å²) in [5, 5.41) is -1.07. The highest BCUT2D eigenvalue weighted by atomic mass is 35.5. The second-order valence-corrected chi connectivity index (χ2v) is 2.97. The van der Waals surface area contributed by atoms with E-state index < -0.39 is 22.3 Å². The molecule has 0 fully saturated rings. The largest absolute Gasteiger partial charge is 0.465 e. The molecule has 0 bridgehead atoms. The summed E-state index contributed by atoms with van der Waals surface area (Å²) in [6.45, 7) is 1.43. The van der Waals surface area contributed by atoms with Gasteiger partial charge in [-0.25, -0.2) is 8.42 Å². The van der Waals surface area contributed by atoms with E-state index in [2.05, 4.69) is 8.92 Å². The van der Waals surface area contributed by atoms with Crippen LogP contribution in [0.2, 0.25) is 0 Å². The lowest BCUT2D eigenvalue weighted by Crippen LogP contribution is -2.22. The van der Waals surface area contributed by atoms with Crippen LogP contribution in [-0.2, 0) is 24.7 Å². The highest BCUT2D eigenvalue weighted by Crippen LogP contribution is 1.99. The first-order valence-electron chi connectivity index (χ1n) is 3.16. The van der Waals surface area contributed by atoms with Crippen molar-refractivity contribution in [1.29, 1.82) is 0 Å². The molecule has 1 atom stereocenters. The zero-order valence-electron chi connectivity index (χ0n) is 6.36. The molecule has 0 N–H and O–H groups in total. The van der Waals surface area contributed by atoms with Gasteiger partial charge in [0.15, 0.2) is 5.38 Å². The number of esters is 1. The smallest absolute Gasteiger partial charge is 0.326 e. The maximum absolute atomic E-state index is 10.7. The number of rotatable bonds is 5. The average Bonchev–Trinajstić information content (AvgIpc) is 2.00. The van der Waals surface area contributed by atoms with Gasteiger partial charge in [-0.1, -0.05) is 0 Å². The summed E-state index contributed by atoms with van der Waals surface area (Å²) in [5.74, 6) is -0.684. The van der Waals surface area contributed by atoms with Gasteiger partial charge in [0.2, 0.25) is 0 Å². The minimum atomic E-state index is -2.96. The maximum atomic E-state index is 10.7. The summed E-state index contributed by atoms with van der Waals surface area (Å²) in [4.78, 5) is 10.7. The number of thiol groups is 1. The number of halogens is 1. The summed E-state index contributed by atoms with van der Waals surface area (Å²) < 4.78 is 28.4. The lowest BCUT2D eigenvalue weighted by atomic mass is 10.4. The molecule has 0 aliphatic carbocycles. The Hall–Kier alpha value is -0.330. The molecule has 5 nitrogen and oxygen atoms in total. The molecule has 0 radical (unpaired) electrons. The fraction of sp³-hybridized carbons (Fsp3) is 0.800. The van der Waals surface area contributed by atoms with E-state index in [0.717, 1.165) is 0 Å². The normalized spacial score (nSPS) is 12.9. The molecule has 0 aliphatic heterocycles. The van der Waals surface area contributed by atoms with Crippen molar-refractivity contribution in [2.24, 2.45) is 0 Å². The van der Waals surface area contributed by atoms with Gasteiger partial charge in [-0.2, -0.15) is 0 Å². The molecule has 0 aromatic heterocycles. The Bertz CT molecular complexity index is 206. The predicted molar refractivity (Wildman–Crippen MR) is 42.5 cm³/mol. The molecular formula is C5H9ClO5S. The third-order valence-electron chi connectivity index (χ3n) is 0.869. The Morgan fingerprint density at radius 2 is 2.17 bits per heavy atom. The zero-order chi connectivity index (χ0) is 9.56. The summed E-state index contributed by atoms with van der Waals surface area (Å²) in [7, 11) is -2.96. The van der Waals surface area contributed by atoms with Crippen LogP contribution in [0.25, 0.3) is 0 Å². The number of ether oxygens (including phenoxy) is 1. The molecule has 0 saturated heterocycles. The molecule has 0 aromatic carbocycles. The number of hydrogen-bond acceptors (Lipinski definition) is 5. The highest BCUT2D eigenvalue weighted by Gasteiger charge is 2.16. The van der Waals surface area contributed by atoms with E-state index in [0.29, 0.717) is 0 Å². The monoisotopic (exact) mass is 216 g/mol.